The number of non-ortho nitro benzene ring substituents is 1. The highest BCUT2D eigenvalue weighted by atomic mass is 16.6. The molecule has 1 aromatic heterocycles. The first kappa shape index (κ1) is 17.3. The first-order valence-electron chi connectivity index (χ1n) is 8.05. The summed E-state index contributed by atoms with van der Waals surface area (Å²) in [7, 11) is 0. The molecule has 0 atom stereocenters. The van der Waals surface area contributed by atoms with Gasteiger partial charge in [0.15, 0.2) is 0 Å². The first-order valence-corrected chi connectivity index (χ1v) is 8.05. The molecule has 3 aromatic rings. The number of carbonyl (C=O) groups is 1. The number of carbonyl (C=O) groups excluding carboxylic acids is 1. The number of hydrogen-bond acceptors (Lipinski definition) is 4. The van der Waals surface area contributed by atoms with Crippen molar-refractivity contribution in [3.8, 4) is 5.69 Å². The molecule has 0 spiro atoms. The van der Waals surface area contributed by atoms with Crippen LogP contribution in [0.5, 0.6) is 0 Å². The molecule has 7 nitrogen and oxygen atoms in total. The smallest absolute Gasteiger partial charge is 0.269 e. The van der Waals surface area contributed by atoms with E-state index >= 15 is 0 Å². The average Bonchev–Trinajstić information content (AvgIpc) is 2.95. The third-order valence-corrected chi connectivity index (χ3v) is 4.05. The van der Waals surface area contributed by atoms with E-state index in [1.807, 2.05) is 36.7 Å². The summed E-state index contributed by atoms with van der Waals surface area (Å²) in [6, 6.07) is 13.4. The lowest BCUT2D eigenvalue weighted by atomic mass is 10.1. The highest BCUT2D eigenvalue weighted by Crippen LogP contribution is 2.22. The zero-order valence-electron chi connectivity index (χ0n) is 14.7. The van der Waals surface area contributed by atoms with E-state index in [2.05, 4.69) is 10.4 Å². The summed E-state index contributed by atoms with van der Waals surface area (Å²) in [5, 5.41) is 18.0. The molecule has 1 amide bonds. The fourth-order valence-corrected chi connectivity index (χ4v) is 2.74. The van der Waals surface area contributed by atoms with E-state index < -0.39 is 4.92 Å². The van der Waals surface area contributed by atoms with Crippen LogP contribution in [0.15, 0.2) is 48.5 Å². The van der Waals surface area contributed by atoms with E-state index in [1.165, 1.54) is 18.2 Å². The molecule has 1 heterocycles. The Balaban J connectivity index is 1.78. The summed E-state index contributed by atoms with van der Waals surface area (Å²) in [5.74, 6) is -0.276. The van der Waals surface area contributed by atoms with Crippen LogP contribution in [0, 0.1) is 30.9 Å². The van der Waals surface area contributed by atoms with Crippen molar-refractivity contribution in [2.45, 2.75) is 20.8 Å². The quantitative estimate of drug-likeness (QED) is 0.570. The van der Waals surface area contributed by atoms with Crippen LogP contribution in [0.1, 0.15) is 27.3 Å². The van der Waals surface area contributed by atoms with Crippen molar-refractivity contribution in [3.63, 3.8) is 0 Å². The largest absolute Gasteiger partial charge is 0.322 e. The molecule has 0 aliphatic heterocycles. The second kappa shape index (κ2) is 6.79. The van der Waals surface area contributed by atoms with Gasteiger partial charge in [0, 0.05) is 29.1 Å². The van der Waals surface area contributed by atoms with Crippen molar-refractivity contribution in [2.24, 2.45) is 0 Å². The number of hydrogen-bond donors (Lipinski definition) is 1. The molecule has 0 radical (unpaired) electrons. The molecule has 0 aliphatic carbocycles. The van der Waals surface area contributed by atoms with Gasteiger partial charge in [0.25, 0.3) is 11.6 Å². The number of benzene rings is 2. The highest BCUT2D eigenvalue weighted by molar-refractivity contribution is 6.04. The number of anilines is 1. The molecule has 3 rings (SSSR count). The lowest BCUT2D eigenvalue weighted by molar-refractivity contribution is -0.384. The van der Waals surface area contributed by atoms with E-state index in [-0.39, 0.29) is 11.6 Å². The normalized spacial score (nSPS) is 10.6. The minimum absolute atomic E-state index is 0.00487. The van der Waals surface area contributed by atoms with E-state index in [9.17, 15) is 14.9 Å². The maximum Gasteiger partial charge on any atom is 0.269 e. The Labute approximate surface area is 150 Å². The van der Waals surface area contributed by atoms with Crippen LogP contribution < -0.4 is 5.32 Å². The number of rotatable bonds is 4. The Hall–Kier alpha value is -3.48. The van der Waals surface area contributed by atoms with Gasteiger partial charge in [0.05, 0.1) is 16.3 Å². The van der Waals surface area contributed by atoms with E-state index in [0.717, 1.165) is 17.1 Å². The molecule has 0 saturated carbocycles. The lowest BCUT2D eigenvalue weighted by Gasteiger charge is -2.09. The predicted molar refractivity (Wildman–Crippen MR) is 98.8 cm³/mol. The summed E-state index contributed by atoms with van der Waals surface area (Å²) in [5.41, 5.74) is 4.48. The Morgan fingerprint density at radius 1 is 1.08 bits per heavy atom. The Morgan fingerprint density at radius 3 is 2.31 bits per heavy atom. The topological polar surface area (TPSA) is 90.1 Å². The fraction of sp³-hybridized carbons (Fsp3) is 0.158. The van der Waals surface area contributed by atoms with Gasteiger partial charge in [-0.2, -0.15) is 5.10 Å². The van der Waals surface area contributed by atoms with Crippen molar-refractivity contribution in [2.75, 3.05) is 5.32 Å². The average molecular weight is 350 g/mol. The lowest BCUT2D eigenvalue weighted by Crippen LogP contribution is -2.13. The van der Waals surface area contributed by atoms with Crippen molar-refractivity contribution in [3.05, 3.63) is 81.2 Å². The van der Waals surface area contributed by atoms with Crippen LogP contribution in [0.2, 0.25) is 0 Å². The molecular weight excluding hydrogens is 332 g/mol. The molecule has 0 aliphatic rings. The van der Waals surface area contributed by atoms with Gasteiger partial charge in [-0.3, -0.25) is 14.9 Å². The van der Waals surface area contributed by atoms with Gasteiger partial charge in [-0.1, -0.05) is 0 Å². The van der Waals surface area contributed by atoms with Crippen molar-refractivity contribution < 1.29 is 9.72 Å². The molecule has 26 heavy (non-hydrogen) atoms. The van der Waals surface area contributed by atoms with Crippen LogP contribution in [0.25, 0.3) is 5.69 Å². The van der Waals surface area contributed by atoms with Crippen LogP contribution in [-0.4, -0.2) is 20.6 Å². The van der Waals surface area contributed by atoms with E-state index in [4.69, 9.17) is 0 Å². The van der Waals surface area contributed by atoms with Gasteiger partial charge in [0.2, 0.25) is 0 Å². The Morgan fingerprint density at radius 2 is 1.77 bits per heavy atom. The van der Waals surface area contributed by atoms with Gasteiger partial charge >= 0.3 is 0 Å². The zero-order valence-corrected chi connectivity index (χ0v) is 14.7. The zero-order chi connectivity index (χ0) is 18.8. The molecule has 0 bridgehead atoms. The first-order chi connectivity index (χ1) is 12.3. The molecule has 2 aromatic carbocycles. The summed E-state index contributed by atoms with van der Waals surface area (Å²) >= 11 is 0. The van der Waals surface area contributed by atoms with Crippen LogP contribution in [0.4, 0.5) is 11.4 Å². The Bertz CT molecular complexity index is 991. The van der Waals surface area contributed by atoms with Gasteiger partial charge in [-0.05, 0) is 62.7 Å². The minimum atomic E-state index is -0.462. The molecule has 132 valence electrons. The number of aryl methyl sites for hydroxylation is 3. The van der Waals surface area contributed by atoms with Crippen LogP contribution in [-0.2, 0) is 0 Å². The van der Waals surface area contributed by atoms with Crippen LogP contribution >= 0.6 is 0 Å². The second-order valence-corrected chi connectivity index (χ2v) is 6.10. The third-order valence-electron chi connectivity index (χ3n) is 4.05. The fourth-order valence-electron chi connectivity index (χ4n) is 2.74. The van der Waals surface area contributed by atoms with Crippen LogP contribution in [0.3, 0.4) is 0 Å². The molecule has 0 fully saturated rings. The number of nitro groups is 1. The number of nitro benzene ring substituents is 1. The number of nitrogens with one attached hydrogen (secondary N) is 1. The summed E-state index contributed by atoms with van der Waals surface area (Å²) in [6.07, 6.45) is 0. The molecule has 1 N–H and O–H groups in total. The maximum absolute atomic E-state index is 12.4. The molecule has 0 saturated heterocycles. The molecule has 7 heteroatoms. The van der Waals surface area contributed by atoms with Gasteiger partial charge in [-0.15, -0.1) is 0 Å². The molecule has 0 unspecified atom stereocenters. The standard InChI is InChI=1S/C19H18N4O3/c1-12-10-17(23(25)26)8-9-18(12)20-19(24)15-4-6-16(7-5-15)22-14(3)11-13(2)21-22/h4-11H,1-3H3,(H,20,24). The highest BCUT2D eigenvalue weighted by Gasteiger charge is 2.12. The molecular formula is C19H18N4O3. The summed E-state index contributed by atoms with van der Waals surface area (Å²) in [4.78, 5) is 22.8. The predicted octanol–water partition coefficient (Wildman–Crippen LogP) is 3.96. The second-order valence-electron chi connectivity index (χ2n) is 6.10. The van der Waals surface area contributed by atoms with E-state index in [1.54, 1.807) is 19.1 Å². The van der Waals surface area contributed by atoms with Crippen molar-refractivity contribution in [1.82, 2.24) is 9.78 Å². The maximum atomic E-state index is 12.4. The SMILES string of the molecule is Cc1cc(C)n(-c2ccc(C(=O)Nc3ccc([N+](=O)[O-])cc3C)cc2)n1. The number of aromatic nitrogens is 2. The Kier molecular flexibility index (Phi) is 4.53. The van der Waals surface area contributed by atoms with E-state index in [0.29, 0.717) is 16.8 Å². The summed E-state index contributed by atoms with van der Waals surface area (Å²) < 4.78 is 1.82. The monoisotopic (exact) mass is 350 g/mol. The number of amides is 1. The van der Waals surface area contributed by atoms with Crippen molar-refractivity contribution >= 4 is 17.3 Å². The minimum Gasteiger partial charge on any atom is -0.322 e. The summed E-state index contributed by atoms with van der Waals surface area (Å²) in [6.45, 7) is 5.62. The van der Waals surface area contributed by atoms with Gasteiger partial charge in [0.1, 0.15) is 0 Å². The third kappa shape index (κ3) is 3.46. The van der Waals surface area contributed by atoms with Gasteiger partial charge in [-0.25, -0.2) is 4.68 Å². The van der Waals surface area contributed by atoms with Crippen molar-refractivity contribution in [1.29, 1.82) is 0 Å². The number of nitrogens with zero attached hydrogens (tertiary/aromatic N) is 3. The van der Waals surface area contributed by atoms with Gasteiger partial charge < -0.3 is 5.32 Å².